The molecule has 0 saturated carbocycles. The molecule has 1 atom stereocenters. The van der Waals surface area contributed by atoms with E-state index in [2.05, 4.69) is 14.9 Å². The second-order valence-corrected chi connectivity index (χ2v) is 9.84. The molecule has 0 spiro atoms. The third-order valence-electron chi connectivity index (χ3n) is 4.23. The van der Waals surface area contributed by atoms with Gasteiger partial charge < -0.3 is 8.97 Å². The Labute approximate surface area is 175 Å². The van der Waals surface area contributed by atoms with Crippen LogP contribution in [0.2, 0.25) is 5.02 Å². The van der Waals surface area contributed by atoms with Crippen LogP contribution in [0.1, 0.15) is 5.56 Å². The van der Waals surface area contributed by atoms with Gasteiger partial charge >= 0.3 is 0 Å². The first-order valence-corrected chi connectivity index (χ1v) is 11.8. The smallest absolute Gasteiger partial charge is 0.295 e. The molecule has 2 aromatic carbocycles. The van der Waals surface area contributed by atoms with Crippen molar-refractivity contribution in [2.75, 3.05) is 10.5 Å². The van der Waals surface area contributed by atoms with Crippen molar-refractivity contribution >= 4 is 49.5 Å². The number of benzene rings is 2. The monoisotopic (exact) mass is 449 g/mol. The molecule has 150 valence electrons. The SMILES string of the molecule is O=S(=O)(Nc1cc(Cl)ccc1[S+]([O-])CCc1cn[nH]c1)c1cc2ccccc2o1. The molecule has 2 N–H and O–H groups in total. The first kappa shape index (κ1) is 19.8. The van der Waals surface area contributed by atoms with Crippen LogP contribution in [-0.2, 0) is 27.6 Å². The largest absolute Gasteiger partial charge is 0.611 e. The molecule has 0 aliphatic rings. The minimum Gasteiger partial charge on any atom is -0.611 e. The minimum absolute atomic E-state index is 0.156. The molecule has 4 rings (SSSR count). The van der Waals surface area contributed by atoms with E-state index >= 15 is 0 Å². The number of rotatable bonds is 7. The molecule has 10 heteroatoms. The summed E-state index contributed by atoms with van der Waals surface area (Å²) in [6.45, 7) is 0. The van der Waals surface area contributed by atoms with E-state index in [0.29, 0.717) is 33.1 Å². The fourth-order valence-electron chi connectivity index (χ4n) is 2.80. The van der Waals surface area contributed by atoms with Gasteiger partial charge in [0.1, 0.15) is 17.0 Å². The van der Waals surface area contributed by atoms with Crippen LogP contribution in [0, 0.1) is 0 Å². The number of aromatic nitrogens is 2. The Bertz CT molecular complexity index is 1210. The number of aromatic amines is 1. The first-order chi connectivity index (χ1) is 13.9. The Morgan fingerprint density at radius 1 is 1.21 bits per heavy atom. The Kier molecular flexibility index (Phi) is 5.55. The lowest BCUT2D eigenvalue weighted by Crippen LogP contribution is -2.17. The number of anilines is 1. The number of H-pyrrole nitrogens is 1. The van der Waals surface area contributed by atoms with Crippen molar-refractivity contribution in [1.29, 1.82) is 0 Å². The summed E-state index contributed by atoms with van der Waals surface area (Å²) in [6.07, 6.45) is 3.91. The molecule has 29 heavy (non-hydrogen) atoms. The van der Waals surface area contributed by atoms with Crippen molar-refractivity contribution < 1.29 is 17.4 Å². The lowest BCUT2D eigenvalue weighted by atomic mass is 10.3. The highest BCUT2D eigenvalue weighted by Crippen LogP contribution is 2.30. The summed E-state index contributed by atoms with van der Waals surface area (Å²) < 4.78 is 46.4. The van der Waals surface area contributed by atoms with Crippen molar-refractivity contribution in [3.8, 4) is 0 Å². The predicted molar refractivity (Wildman–Crippen MR) is 112 cm³/mol. The third-order valence-corrected chi connectivity index (χ3v) is 7.11. The summed E-state index contributed by atoms with van der Waals surface area (Å²) in [7, 11) is -4.03. The van der Waals surface area contributed by atoms with Crippen molar-refractivity contribution in [3.63, 3.8) is 0 Å². The molecular weight excluding hydrogens is 434 g/mol. The summed E-state index contributed by atoms with van der Waals surface area (Å²) in [5.74, 6) is 0.306. The number of aryl methyl sites for hydroxylation is 1. The van der Waals surface area contributed by atoms with Gasteiger partial charge in [-0.05, 0) is 41.0 Å². The normalized spacial score (nSPS) is 12.9. The molecule has 0 amide bonds. The summed E-state index contributed by atoms with van der Waals surface area (Å²) in [4.78, 5) is 0.345. The van der Waals surface area contributed by atoms with Gasteiger partial charge in [-0.2, -0.15) is 13.5 Å². The fourth-order valence-corrected chi connectivity index (χ4v) is 5.29. The quantitative estimate of drug-likeness (QED) is 0.415. The highest BCUT2D eigenvalue weighted by atomic mass is 35.5. The Balaban J connectivity index is 1.60. The van der Waals surface area contributed by atoms with E-state index in [4.69, 9.17) is 16.0 Å². The predicted octanol–water partition coefficient (Wildman–Crippen LogP) is 3.96. The van der Waals surface area contributed by atoms with Crippen molar-refractivity contribution in [3.05, 3.63) is 71.5 Å². The Morgan fingerprint density at radius 2 is 2.03 bits per heavy atom. The molecule has 0 aliphatic carbocycles. The lowest BCUT2D eigenvalue weighted by molar-refractivity contribution is 0.484. The van der Waals surface area contributed by atoms with Crippen molar-refractivity contribution in [2.24, 2.45) is 0 Å². The number of furan rings is 1. The summed E-state index contributed by atoms with van der Waals surface area (Å²) >= 11 is 4.60. The zero-order chi connectivity index (χ0) is 20.4. The number of hydrogen-bond donors (Lipinski definition) is 2. The number of fused-ring (bicyclic) bond motifs is 1. The van der Waals surface area contributed by atoms with E-state index < -0.39 is 21.2 Å². The summed E-state index contributed by atoms with van der Waals surface area (Å²) in [6, 6.07) is 13.0. The van der Waals surface area contributed by atoms with Crippen LogP contribution in [0.3, 0.4) is 0 Å². The maximum absolute atomic E-state index is 12.8. The second-order valence-electron chi connectivity index (χ2n) is 6.26. The number of nitrogens with one attached hydrogen (secondary N) is 2. The Morgan fingerprint density at radius 3 is 2.79 bits per heavy atom. The molecule has 0 radical (unpaired) electrons. The molecule has 7 nitrogen and oxygen atoms in total. The number of halogens is 1. The van der Waals surface area contributed by atoms with Crippen LogP contribution in [0.15, 0.2) is 75.3 Å². The van der Waals surface area contributed by atoms with Gasteiger partial charge in [0.25, 0.3) is 10.0 Å². The van der Waals surface area contributed by atoms with E-state index in [0.717, 1.165) is 5.56 Å². The van der Waals surface area contributed by atoms with Crippen LogP contribution < -0.4 is 4.72 Å². The molecule has 0 fully saturated rings. The van der Waals surface area contributed by atoms with Crippen molar-refractivity contribution in [2.45, 2.75) is 16.4 Å². The summed E-state index contributed by atoms with van der Waals surface area (Å²) in [5, 5.41) is 7.33. The van der Waals surface area contributed by atoms with Crippen LogP contribution in [0.4, 0.5) is 5.69 Å². The van der Waals surface area contributed by atoms with E-state index in [1.165, 1.54) is 12.1 Å². The summed E-state index contributed by atoms with van der Waals surface area (Å²) in [5.41, 5.74) is 1.53. The topological polar surface area (TPSA) is 111 Å². The number of para-hydroxylation sites is 1. The second kappa shape index (κ2) is 8.11. The first-order valence-electron chi connectivity index (χ1n) is 8.59. The molecule has 1 unspecified atom stereocenters. The standard InChI is InChI=1S/C19H16ClN3O4S2/c20-15-5-6-18(28(24)8-7-13-11-21-22-12-13)16(10-15)23-29(25,26)19-9-14-3-1-2-4-17(14)27-19/h1-6,9-12,23H,7-8H2,(H,21,22). The molecule has 2 aromatic heterocycles. The highest BCUT2D eigenvalue weighted by Gasteiger charge is 2.25. The molecule has 2 heterocycles. The maximum Gasteiger partial charge on any atom is 0.295 e. The van der Waals surface area contributed by atoms with Gasteiger partial charge in [0.05, 0.1) is 6.20 Å². The average molecular weight is 450 g/mol. The third kappa shape index (κ3) is 4.43. The van der Waals surface area contributed by atoms with Gasteiger partial charge in [-0.1, -0.05) is 29.8 Å². The number of hydrogen-bond acceptors (Lipinski definition) is 5. The number of sulfonamides is 1. The van der Waals surface area contributed by atoms with Gasteiger partial charge in [0, 0.05) is 29.1 Å². The fraction of sp³-hybridized carbons (Fsp3) is 0.105. The molecule has 0 aliphatic heterocycles. The molecular formula is C19H16ClN3O4S2. The van der Waals surface area contributed by atoms with E-state index in [1.807, 2.05) is 0 Å². The maximum atomic E-state index is 12.8. The van der Waals surface area contributed by atoms with Gasteiger partial charge in [-0.25, -0.2) is 0 Å². The zero-order valence-electron chi connectivity index (χ0n) is 15.0. The average Bonchev–Trinajstić information content (AvgIpc) is 3.36. The Hall–Kier alpha value is -2.46. The molecule has 0 saturated heterocycles. The van der Waals surface area contributed by atoms with E-state index in [9.17, 15) is 13.0 Å². The van der Waals surface area contributed by atoms with Crippen LogP contribution in [-0.4, -0.2) is 28.9 Å². The van der Waals surface area contributed by atoms with Crippen LogP contribution in [0.5, 0.6) is 0 Å². The molecule has 0 bridgehead atoms. The van der Waals surface area contributed by atoms with Crippen molar-refractivity contribution in [1.82, 2.24) is 10.2 Å². The van der Waals surface area contributed by atoms with Gasteiger partial charge in [-0.15, -0.1) is 0 Å². The van der Waals surface area contributed by atoms with Crippen LogP contribution in [0.25, 0.3) is 11.0 Å². The zero-order valence-corrected chi connectivity index (χ0v) is 17.4. The van der Waals surface area contributed by atoms with E-state index in [1.54, 1.807) is 48.8 Å². The number of nitrogens with zero attached hydrogens (tertiary/aromatic N) is 1. The highest BCUT2D eigenvalue weighted by molar-refractivity contribution is 7.93. The van der Waals surface area contributed by atoms with Gasteiger partial charge in [0.15, 0.2) is 4.90 Å². The van der Waals surface area contributed by atoms with Crippen LogP contribution >= 0.6 is 11.6 Å². The lowest BCUT2D eigenvalue weighted by Gasteiger charge is -2.15. The van der Waals surface area contributed by atoms with Gasteiger partial charge in [-0.3, -0.25) is 9.82 Å². The molecule has 4 aromatic rings. The van der Waals surface area contributed by atoms with Gasteiger partial charge in [0.2, 0.25) is 5.09 Å². The minimum atomic E-state index is -4.03. The van der Waals surface area contributed by atoms with E-state index in [-0.39, 0.29) is 10.8 Å².